The number of nitrogens with zero attached hydrogens (tertiary/aromatic N) is 2. The van der Waals surface area contributed by atoms with Crippen LogP contribution in [0.4, 0.5) is 18.9 Å². The number of thiocarbonyl (C=S) groups is 1. The Kier molecular flexibility index (Phi) is 6.47. The van der Waals surface area contributed by atoms with Crippen LogP contribution in [0.2, 0.25) is 0 Å². The number of ether oxygens (including phenoxy) is 1. The Morgan fingerprint density at radius 2 is 2.00 bits per heavy atom. The predicted octanol–water partition coefficient (Wildman–Crippen LogP) is 3.90. The molecule has 0 radical (unpaired) electrons. The van der Waals surface area contributed by atoms with Gasteiger partial charge in [-0.2, -0.15) is 18.3 Å². The van der Waals surface area contributed by atoms with Crippen molar-refractivity contribution in [2.75, 3.05) is 19.0 Å². The smallest absolute Gasteiger partial charge is 0.435 e. The second-order valence-corrected chi connectivity index (χ2v) is 6.24. The maximum absolute atomic E-state index is 12.6. The zero-order valence-electron chi connectivity index (χ0n) is 14.8. The van der Waals surface area contributed by atoms with Crippen molar-refractivity contribution in [3.63, 3.8) is 0 Å². The average molecular weight is 386 g/mol. The lowest BCUT2D eigenvalue weighted by Crippen LogP contribution is -2.30. The van der Waals surface area contributed by atoms with Crippen LogP contribution in [0, 0.1) is 13.8 Å². The van der Waals surface area contributed by atoms with E-state index in [0.29, 0.717) is 36.1 Å². The fourth-order valence-electron chi connectivity index (χ4n) is 2.39. The van der Waals surface area contributed by atoms with E-state index in [1.54, 1.807) is 14.0 Å². The summed E-state index contributed by atoms with van der Waals surface area (Å²) in [5.74, 6) is 0.673. The van der Waals surface area contributed by atoms with E-state index < -0.39 is 11.9 Å². The van der Waals surface area contributed by atoms with Crippen LogP contribution in [0.15, 0.2) is 24.3 Å². The minimum atomic E-state index is -4.42. The molecule has 0 spiro atoms. The normalized spacial score (nSPS) is 11.3. The lowest BCUT2D eigenvalue weighted by molar-refractivity contribution is -0.141. The quantitative estimate of drug-likeness (QED) is 0.583. The molecule has 1 heterocycles. The van der Waals surface area contributed by atoms with Crippen molar-refractivity contribution in [3.8, 4) is 5.75 Å². The SMILES string of the molecule is COc1ccc(C)cc1NC(=S)NCCCn1nc(C(F)(F)F)cc1C. The van der Waals surface area contributed by atoms with Crippen LogP contribution in [-0.4, -0.2) is 28.5 Å². The van der Waals surface area contributed by atoms with E-state index in [2.05, 4.69) is 15.7 Å². The third kappa shape index (κ3) is 5.35. The average Bonchev–Trinajstić information content (AvgIpc) is 2.93. The summed E-state index contributed by atoms with van der Waals surface area (Å²) in [4.78, 5) is 0. The van der Waals surface area contributed by atoms with Crippen molar-refractivity contribution in [2.24, 2.45) is 0 Å². The van der Waals surface area contributed by atoms with E-state index in [0.717, 1.165) is 17.3 Å². The van der Waals surface area contributed by atoms with E-state index in [1.807, 2.05) is 25.1 Å². The Morgan fingerprint density at radius 3 is 2.62 bits per heavy atom. The molecule has 1 aromatic heterocycles. The third-order valence-electron chi connectivity index (χ3n) is 3.71. The van der Waals surface area contributed by atoms with E-state index >= 15 is 0 Å². The third-order valence-corrected chi connectivity index (χ3v) is 3.95. The van der Waals surface area contributed by atoms with Gasteiger partial charge in [0, 0.05) is 18.8 Å². The number of nitrogens with one attached hydrogen (secondary N) is 2. The Bertz CT molecular complexity index is 774. The molecule has 0 saturated heterocycles. The van der Waals surface area contributed by atoms with Gasteiger partial charge in [-0.05, 0) is 56.2 Å². The first kappa shape index (κ1) is 20.0. The molecule has 0 saturated carbocycles. The van der Waals surface area contributed by atoms with Crippen LogP contribution in [0.3, 0.4) is 0 Å². The van der Waals surface area contributed by atoms with Gasteiger partial charge in [0.2, 0.25) is 0 Å². The minimum Gasteiger partial charge on any atom is -0.495 e. The molecule has 2 rings (SSSR count). The second-order valence-electron chi connectivity index (χ2n) is 5.83. The van der Waals surface area contributed by atoms with Gasteiger partial charge in [0.25, 0.3) is 0 Å². The lowest BCUT2D eigenvalue weighted by Gasteiger charge is -2.14. The van der Waals surface area contributed by atoms with Gasteiger partial charge in [-0.25, -0.2) is 0 Å². The lowest BCUT2D eigenvalue weighted by atomic mass is 10.2. The molecule has 0 atom stereocenters. The van der Waals surface area contributed by atoms with Crippen LogP contribution in [0.25, 0.3) is 0 Å². The van der Waals surface area contributed by atoms with Crippen molar-refractivity contribution in [1.29, 1.82) is 0 Å². The molecule has 142 valence electrons. The number of aryl methyl sites for hydroxylation is 3. The molecular formula is C17H21F3N4OS. The van der Waals surface area contributed by atoms with Gasteiger partial charge in [-0.15, -0.1) is 0 Å². The van der Waals surface area contributed by atoms with Crippen LogP contribution >= 0.6 is 12.2 Å². The number of rotatable bonds is 6. The van der Waals surface area contributed by atoms with Crippen molar-refractivity contribution in [1.82, 2.24) is 15.1 Å². The number of hydrogen-bond acceptors (Lipinski definition) is 3. The maximum Gasteiger partial charge on any atom is 0.435 e. The van der Waals surface area contributed by atoms with E-state index in [9.17, 15) is 13.2 Å². The van der Waals surface area contributed by atoms with E-state index in [-0.39, 0.29) is 0 Å². The second kappa shape index (κ2) is 8.39. The van der Waals surface area contributed by atoms with Gasteiger partial charge in [-0.3, -0.25) is 4.68 Å². The molecule has 0 unspecified atom stereocenters. The topological polar surface area (TPSA) is 51.1 Å². The molecule has 0 aliphatic rings. The number of aromatic nitrogens is 2. The predicted molar refractivity (Wildman–Crippen MR) is 98.5 cm³/mol. The minimum absolute atomic E-state index is 0.366. The van der Waals surface area contributed by atoms with Gasteiger partial charge in [0.05, 0.1) is 12.8 Å². The Balaban J connectivity index is 1.82. The van der Waals surface area contributed by atoms with Crippen molar-refractivity contribution in [2.45, 2.75) is 33.0 Å². The number of halogens is 3. The van der Waals surface area contributed by atoms with Gasteiger partial charge in [-0.1, -0.05) is 6.07 Å². The maximum atomic E-state index is 12.6. The molecule has 0 aliphatic heterocycles. The summed E-state index contributed by atoms with van der Waals surface area (Å²) in [6.45, 7) is 4.43. The van der Waals surface area contributed by atoms with Crippen LogP contribution < -0.4 is 15.4 Å². The highest BCUT2D eigenvalue weighted by molar-refractivity contribution is 7.80. The standard InChI is InChI=1S/C17H21F3N4OS/c1-11-5-6-14(25-3)13(9-11)22-16(26)21-7-4-8-24-12(2)10-15(23-24)17(18,19)20/h5-6,9-10H,4,7-8H2,1-3H3,(H2,21,22,26). The molecule has 26 heavy (non-hydrogen) atoms. The highest BCUT2D eigenvalue weighted by atomic mass is 32.1. The molecule has 5 nitrogen and oxygen atoms in total. The van der Waals surface area contributed by atoms with Gasteiger partial charge in [0.1, 0.15) is 5.75 Å². The van der Waals surface area contributed by atoms with Crippen molar-refractivity contribution >= 4 is 23.0 Å². The number of methoxy groups -OCH3 is 1. The number of hydrogen-bond donors (Lipinski definition) is 2. The van der Waals surface area contributed by atoms with E-state index in [1.165, 1.54) is 4.68 Å². The monoisotopic (exact) mass is 386 g/mol. The molecular weight excluding hydrogens is 365 g/mol. The molecule has 0 amide bonds. The van der Waals surface area contributed by atoms with Crippen molar-refractivity contribution < 1.29 is 17.9 Å². The van der Waals surface area contributed by atoms with Crippen LogP contribution in [0.5, 0.6) is 5.75 Å². The fraction of sp³-hybridized carbons (Fsp3) is 0.412. The fourth-order valence-corrected chi connectivity index (χ4v) is 2.60. The number of benzene rings is 1. The summed E-state index contributed by atoms with van der Waals surface area (Å²) in [7, 11) is 1.58. The molecule has 2 N–H and O–H groups in total. The first-order valence-electron chi connectivity index (χ1n) is 8.02. The number of alkyl halides is 3. The largest absolute Gasteiger partial charge is 0.495 e. The van der Waals surface area contributed by atoms with Crippen molar-refractivity contribution in [3.05, 3.63) is 41.2 Å². The first-order chi connectivity index (χ1) is 12.2. The van der Waals surface area contributed by atoms with Gasteiger partial charge in [0.15, 0.2) is 10.8 Å². The Hall–Kier alpha value is -2.29. The Labute approximate surface area is 155 Å². The Morgan fingerprint density at radius 1 is 1.27 bits per heavy atom. The summed E-state index contributed by atoms with van der Waals surface area (Å²) in [5.41, 5.74) is 1.42. The first-order valence-corrected chi connectivity index (χ1v) is 8.42. The summed E-state index contributed by atoms with van der Waals surface area (Å²) < 4.78 is 44.6. The molecule has 0 aliphatic carbocycles. The summed E-state index contributed by atoms with van der Waals surface area (Å²) in [6.07, 6.45) is -3.85. The summed E-state index contributed by atoms with van der Waals surface area (Å²) >= 11 is 5.25. The zero-order valence-corrected chi connectivity index (χ0v) is 15.6. The molecule has 1 aromatic carbocycles. The highest BCUT2D eigenvalue weighted by Crippen LogP contribution is 2.28. The summed E-state index contributed by atoms with van der Waals surface area (Å²) in [6, 6.07) is 6.74. The molecule has 9 heteroatoms. The molecule has 0 bridgehead atoms. The van der Waals surface area contributed by atoms with Gasteiger partial charge < -0.3 is 15.4 Å². The van der Waals surface area contributed by atoms with Crippen LogP contribution in [-0.2, 0) is 12.7 Å². The van der Waals surface area contributed by atoms with E-state index in [4.69, 9.17) is 17.0 Å². The summed E-state index contributed by atoms with van der Waals surface area (Å²) in [5, 5.41) is 10.1. The highest BCUT2D eigenvalue weighted by Gasteiger charge is 2.34. The zero-order chi connectivity index (χ0) is 19.3. The molecule has 0 fully saturated rings. The molecule has 2 aromatic rings. The van der Waals surface area contributed by atoms with Crippen LogP contribution in [0.1, 0.15) is 23.4 Å². The van der Waals surface area contributed by atoms with Gasteiger partial charge >= 0.3 is 6.18 Å². The number of anilines is 1.